The van der Waals surface area contributed by atoms with Gasteiger partial charge in [0.15, 0.2) is 0 Å². The molecule has 45 heavy (non-hydrogen) atoms. The molecule has 16 heteroatoms. The maximum absolute atomic E-state index is 14.2. The fraction of sp³-hybridized carbons (Fsp3) is 0.379. The molecule has 0 aliphatic carbocycles. The molecule has 9 nitrogen and oxygen atoms in total. The summed E-state index contributed by atoms with van der Waals surface area (Å²) in [6.07, 6.45) is -3.36. The number of nitrogens with one attached hydrogen (secondary N) is 3. The van der Waals surface area contributed by atoms with Gasteiger partial charge in [-0.3, -0.25) is 9.97 Å². The van der Waals surface area contributed by atoms with Crippen LogP contribution in [0.15, 0.2) is 47.2 Å². The number of amides is 2. The minimum atomic E-state index is -4.64. The van der Waals surface area contributed by atoms with Crippen molar-refractivity contribution in [2.24, 2.45) is 0 Å². The molecule has 0 radical (unpaired) electrons. The lowest BCUT2D eigenvalue weighted by molar-refractivity contribution is -0.136. The number of hydrogen-bond donors (Lipinski definition) is 3. The summed E-state index contributed by atoms with van der Waals surface area (Å²) in [7, 11) is 0. The summed E-state index contributed by atoms with van der Waals surface area (Å²) in [5.41, 5.74) is -2.49. The lowest BCUT2D eigenvalue weighted by Gasteiger charge is -2.19. The first-order valence-corrected chi connectivity index (χ1v) is 14.3. The predicted octanol–water partition coefficient (Wildman–Crippen LogP) is 8.67. The van der Waals surface area contributed by atoms with Crippen LogP contribution in [0, 0.1) is 11.6 Å². The van der Waals surface area contributed by atoms with Crippen LogP contribution in [0.5, 0.6) is 0 Å². The molecule has 2 heterocycles. The fourth-order valence-electron chi connectivity index (χ4n) is 3.19. The minimum absolute atomic E-state index is 0.00587. The van der Waals surface area contributed by atoms with Gasteiger partial charge in [0.1, 0.15) is 22.8 Å². The molecule has 3 aromatic rings. The maximum atomic E-state index is 14.2. The van der Waals surface area contributed by atoms with Crippen LogP contribution in [-0.4, -0.2) is 33.4 Å². The van der Waals surface area contributed by atoms with Gasteiger partial charge in [0, 0.05) is 21.8 Å². The van der Waals surface area contributed by atoms with Gasteiger partial charge in [0.25, 0.3) is 0 Å². The number of alkyl carbamates (subject to hydrolysis) is 2. The van der Waals surface area contributed by atoms with Crippen molar-refractivity contribution in [2.75, 3.05) is 5.32 Å². The molecule has 0 unspecified atom stereocenters. The number of halogens is 7. The monoisotopic (exact) mass is 723 g/mol. The molecule has 0 spiro atoms. The van der Waals surface area contributed by atoms with Gasteiger partial charge in [0.05, 0.1) is 47.6 Å². The van der Waals surface area contributed by atoms with Gasteiger partial charge in [0.2, 0.25) is 0 Å². The smallest absolute Gasteiger partial charge is 0.418 e. The third-order valence-corrected chi connectivity index (χ3v) is 5.63. The van der Waals surface area contributed by atoms with E-state index in [9.17, 15) is 31.5 Å². The van der Waals surface area contributed by atoms with Crippen molar-refractivity contribution in [3.05, 3.63) is 80.8 Å². The van der Waals surface area contributed by atoms with Crippen LogP contribution in [0.1, 0.15) is 58.5 Å². The Labute approximate surface area is 270 Å². The van der Waals surface area contributed by atoms with Crippen molar-refractivity contribution < 1.29 is 41.0 Å². The van der Waals surface area contributed by atoms with E-state index in [1.165, 1.54) is 18.3 Å². The van der Waals surface area contributed by atoms with E-state index in [0.29, 0.717) is 4.47 Å². The van der Waals surface area contributed by atoms with Crippen LogP contribution >= 0.6 is 27.5 Å². The Kier molecular flexibility index (Phi) is 12.9. The molecule has 3 rings (SSSR count). The zero-order chi connectivity index (χ0) is 34.2. The highest BCUT2D eigenvalue weighted by molar-refractivity contribution is 9.10. The first-order chi connectivity index (χ1) is 20.6. The van der Waals surface area contributed by atoms with Gasteiger partial charge in [-0.25, -0.2) is 18.4 Å². The van der Waals surface area contributed by atoms with E-state index in [4.69, 9.17) is 21.1 Å². The largest absolute Gasteiger partial charge is 0.444 e. The fourth-order valence-corrected chi connectivity index (χ4v) is 3.67. The van der Waals surface area contributed by atoms with Crippen molar-refractivity contribution in [3.63, 3.8) is 0 Å². The lowest BCUT2D eigenvalue weighted by atomic mass is 10.1. The third-order valence-electron chi connectivity index (χ3n) is 4.97. The molecule has 246 valence electrons. The van der Waals surface area contributed by atoms with Gasteiger partial charge in [-0.05, 0) is 81.7 Å². The molecular formula is C29H32BrClF5N5O4. The maximum Gasteiger partial charge on any atom is 0.418 e. The molecule has 0 bridgehead atoms. The molecule has 0 fully saturated rings. The summed E-state index contributed by atoms with van der Waals surface area (Å²) < 4.78 is 77.5. The van der Waals surface area contributed by atoms with E-state index in [-0.39, 0.29) is 40.9 Å². The SMILES string of the molecule is CC(C)(C)OC(=O)NCc1ncc(Br)cc1F.CC(C)(C)OC(=O)NCc1ncc(Nc2ccc(Cl)cc2C(F)(F)F)cc1F. The van der Waals surface area contributed by atoms with E-state index in [1.54, 1.807) is 41.5 Å². The average Bonchev–Trinajstić information content (AvgIpc) is 2.86. The highest BCUT2D eigenvalue weighted by atomic mass is 79.9. The number of carbonyl (C=O) groups is 2. The number of pyridine rings is 2. The Morgan fingerprint density at radius 3 is 1.76 bits per heavy atom. The van der Waals surface area contributed by atoms with Crippen LogP contribution in [0.3, 0.4) is 0 Å². The van der Waals surface area contributed by atoms with Gasteiger partial charge >= 0.3 is 18.4 Å². The molecule has 0 aliphatic heterocycles. The molecule has 0 saturated carbocycles. The quantitative estimate of drug-likeness (QED) is 0.218. The van der Waals surface area contributed by atoms with Gasteiger partial charge < -0.3 is 25.4 Å². The summed E-state index contributed by atoms with van der Waals surface area (Å²) in [5, 5.41) is 7.19. The second-order valence-corrected chi connectivity index (χ2v) is 12.6. The number of nitrogens with zero attached hydrogens (tertiary/aromatic N) is 2. The number of hydrogen-bond acceptors (Lipinski definition) is 7. The molecule has 2 amide bonds. The van der Waals surface area contributed by atoms with Crippen molar-refractivity contribution in [1.29, 1.82) is 0 Å². The van der Waals surface area contributed by atoms with Crippen molar-refractivity contribution in [2.45, 2.75) is 72.0 Å². The molecule has 1 aromatic carbocycles. The lowest BCUT2D eigenvalue weighted by Crippen LogP contribution is -2.32. The molecule has 2 aromatic heterocycles. The highest BCUT2D eigenvalue weighted by Gasteiger charge is 2.34. The Bertz CT molecular complexity index is 1500. The first-order valence-electron chi connectivity index (χ1n) is 13.1. The third kappa shape index (κ3) is 13.9. The van der Waals surface area contributed by atoms with Crippen molar-refractivity contribution in [1.82, 2.24) is 20.6 Å². The number of rotatable bonds is 6. The van der Waals surface area contributed by atoms with Crippen LogP contribution < -0.4 is 16.0 Å². The molecule has 3 N–H and O–H groups in total. The summed E-state index contributed by atoms with van der Waals surface area (Å²) in [5.74, 6) is -1.28. The van der Waals surface area contributed by atoms with Gasteiger partial charge in [-0.2, -0.15) is 13.2 Å². The number of ether oxygens (including phenoxy) is 2. The molecule has 0 saturated heterocycles. The average molecular weight is 725 g/mol. The normalized spacial score (nSPS) is 11.6. The number of benzene rings is 1. The molecule has 0 aliphatic rings. The number of carbonyl (C=O) groups excluding carboxylic acids is 2. The summed E-state index contributed by atoms with van der Waals surface area (Å²) in [6.45, 7) is 10.1. The van der Waals surface area contributed by atoms with Crippen LogP contribution in [-0.2, 0) is 28.7 Å². The zero-order valence-electron chi connectivity index (χ0n) is 25.1. The Balaban J connectivity index is 0.000000355. The number of anilines is 2. The van der Waals surface area contributed by atoms with Crippen molar-refractivity contribution >= 4 is 51.1 Å². The Morgan fingerprint density at radius 2 is 1.31 bits per heavy atom. The van der Waals surface area contributed by atoms with Crippen LogP contribution in [0.25, 0.3) is 0 Å². The number of alkyl halides is 3. The first kappa shape index (κ1) is 37.5. The van der Waals surface area contributed by atoms with Crippen LogP contribution in [0.4, 0.5) is 42.9 Å². The molecular weight excluding hydrogens is 693 g/mol. The van der Waals surface area contributed by atoms with Gasteiger partial charge in [-0.15, -0.1) is 0 Å². The van der Waals surface area contributed by atoms with E-state index in [0.717, 1.165) is 24.4 Å². The standard InChI is InChI=1S/C18H18ClF4N3O2.C11H14BrFN2O2/c1-17(2,3)28-16(27)25-9-15-13(20)7-11(8-24-15)26-14-5-4-10(19)6-12(14)18(21,22)23;1-11(2,3)17-10(16)15-6-9-8(13)4-7(12)5-14-9/h4-8,26H,9H2,1-3H3,(H,25,27);4-5H,6H2,1-3H3,(H,15,16). The minimum Gasteiger partial charge on any atom is -0.444 e. The van der Waals surface area contributed by atoms with Crippen LogP contribution in [0.2, 0.25) is 5.02 Å². The number of aromatic nitrogens is 2. The topological polar surface area (TPSA) is 114 Å². The summed E-state index contributed by atoms with van der Waals surface area (Å²) in [6, 6.07) is 5.46. The zero-order valence-corrected chi connectivity index (χ0v) is 27.5. The van der Waals surface area contributed by atoms with E-state index >= 15 is 0 Å². The van der Waals surface area contributed by atoms with E-state index in [1.807, 2.05) is 0 Å². The Morgan fingerprint density at radius 1 is 0.822 bits per heavy atom. The second kappa shape index (κ2) is 15.5. The Hall–Kier alpha value is -3.72. The summed E-state index contributed by atoms with van der Waals surface area (Å²) >= 11 is 8.73. The molecule has 0 atom stereocenters. The predicted molar refractivity (Wildman–Crippen MR) is 162 cm³/mol. The van der Waals surface area contributed by atoms with Gasteiger partial charge in [-0.1, -0.05) is 11.6 Å². The van der Waals surface area contributed by atoms with E-state index < -0.39 is 46.8 Å². The second-order valence-electron chi connectivity index (χ2n) is 11.3. The summed E-state index contributed by atoms with van der Waals surface area (Å²) in [4.78, 5) is 30.6. The van der Waals surface area contributed by atoms with E-state index in [2.05, 4.69) is 41.8 Å². The highest BCUT2D eigenvalue weighted by Crippen LogP contribution is 2.37. The van der Waals surface area contributed by atoms with Crippen molar-refractivity contribution in [3.8, 4) is 0 Å².